The number of nitrogens with zero attached hydrogens (tertiary/aromatic N) is 2. The molecule has 1 aromatic heterocycles. The summed E-state index contributed by atoms with van der Waals surface area (Å²) < 4.78 is 35.1. The molecule has 0 aliphatic heterocycles. The molecule has 0 fully saturated rings. The van der Waals surface area contributed by atoms with Crippen LogP contribution in [0.2, 0.25) is 0 Å². The van der Waals surface area contributed by atoms with Crippen LogP contribution in [0.4, 0.5) is 8.78 Å². The van der Waals surface area contributed by atoms with Crippen molar-refractivity contribution in [1.82, 2.24) is 15.6 Å². The van der Waals surface area contributed by atoms with Crippen molar-refractivity contribution < 1.29 is 18.3 Å². The van der Waals surface area contributed by atoms with E-state index in [1.807, 2.05) is 13.8 Å². The number of thiazole rings is 1. The van der Waals surface area contributed by atoms with Gasteiger partial charge in [0.15, 0.2) is 5.96 Å². The van der Waals surface area contributed by atoms with E-state index in [4.69, 9.17) is 4.74 Å². The molecular formula is C20H29F2IN4O2S. The lowest BCUT2D eigenvalue weighted by Crippen LogP contribution is -2.37. The van der Waals surface area contributed by atoms with Crippen LogP contribution in [-0.2, 0) is 13.0 Å². The standard InChI is InChI=1S/C20H28F2N4O2S.HI/c1-4-23-20(24-10-6-5-7-18-26-14(2)13-29-18)25-12-15-11-16(27-3)8-9-17(15)28-19(21)22;/h8-9,11,13,19H,4-7,10,12H2,1-3H3,(H2,23,24,25);1H. The number of rotatable bonds is 11. The molecule has 0 radical (unpaired) electrons. The Bertz CT molecular complexity index is 790. The SMILES string of the molecule is CCNC(=NCc1cc(OC)ccc1OC(F)F)NCCCCc1nc(C)cs1.I. The van der Waals surface area contributed by atoms with Gasteiger partial charge in [-0.05, 0) is 51.3 Å². The van der Waals surface area contributed by atoms with Crippen LogP contribution in [0.25, 0.3) is 0 Å². The van der Waals surface area contributed by atoms with Crippen LogP contribution in [-0.4, -0.2) is 37.8 Å². The lowest BCUT2D eigenvalue weighted by atomic mass is 10.2. The number of halogens is 3. The van der Waals surface area contributed by atoms with E-state index in [2.05, 4.69) is 30.7 Å². The summed E-state index contributed by atoms with van der Waals surface area (Å²) in [5, 5.41) is 9.66. The largest absolute Gasteiger partial charge is 0.497 e. The Morgan fingerprint density at radius 3 is 2.70 bits per heavy atom. The molecule has 1 heterocycles. The molecular weight excluding hydrogens is 525 g/mol. The van der Waals surface area contributed by atoms with Crippen LogP contribution >= 0.6 is 35.3 Å². The zero-order valence-electron chi connectivity index (χ0n) is 17.4. The lowest BCUT2D eigenvalue weighted by molar-refractivity contribution is -0.0504. The minimum atomic E-state index is -2.89. The van der Waals surface area contributed by atoms with Gasteiger partial charge in [0.05, 0.1) is 18.7 Å². The summed E-state index contributed by atoms with van der Waals surface area (Å²) >= 11 is 1.69. The fourth-order valence-electron chi connectivity index (χ4n) is 2.65. The van der Waals surface area contributed by atoms with E-state index in [-0.39, 0.29) is 36.3 Å². The third-order valence-corrected chi connectivity index (χ3v) is 5.04. The second-order valence-corrected chi connectivity index (χ2v) is 7.26. The summed E-state index contributed by atoms with van der Waals surface area (Å²) in [5.41, 5.74) is 1.60. The molecule has 2 N–H and O–H groups in total. The highest BCUT2D eigenvalue weighted by Crippen LogP contribution is 2.26. The number of aromatic nitrogens is 1. The lowest BCUT2D eigenvalue weighted by Gasteiger charge is -2.13. The monoisotopic (exact) mass is 554 g/mol. The van der Waals surface area contributed by atoms with E-state index < -0.39 is 6.61 Å². The van der Waals surface area contributed by atoms with Crippen molar-refractivity contribution in [3.63, 3.8) is 0 Å². The number of unbranched alkanes of at least 4 members (excludes halogenated alkanes) is 1. The van der Waals surface area contributed by atoms with Crippen LogP contribution in [0.15, 0.2) is 28.6 Å². The average Bonchev–Trinajstić information content (AvgIpc) is 3.11. The normalized spacial score (nSPS) is 11.2. The van der Waals surface area contributed by atoms with Gasteiger partial charge in [0.2, 0.25) is 0 Å². The molecule has 0 unspecified atom stereocenters. The summed E-state index contributed by atoms with van der Waals surface area (Å²) in [7, 11) is 1.52. The predicted molar refractivity (Wildman–Crippen MR) is 128 cm³/mol. The molecule has 2 rings (SSSR count). The predicted octanol–water partition coefficient (Wildman–Crippen LogP) is 4.76. The van der Waals surface area contributed by atoms with Gasteiger partial charge in [-0.15, -0.1) is 35.3 Å². The maximum absolute atomic E-state index is 12.6. The Morgan fingerprint density at radius 2 is 2.07 bits per heavy atom. The molecule has 1 aromatic carbocycles. The molecule has 0 aliphatic rings. The Morgan fingerprint density at radius 1 is 1.27 bits per heavy atom. The van der Waals surface area contributed by atoms with Crippen molar-refractivity contribution in [1.29, 1.82) is 0 Å². The Balaban J connectivity index is 0.00000450. The number of hydrogen-bond acceptors (Lipinski definition) is 5. The van der Waals surface area contributed by atoms with Gasteiger partial charge in [0.25, 0.3) is 0 Å². The maximum Gasteiger partial charge on any atom is 0.387 e. The second kappa shape index (κ2) is 14.3. The highest BCUT2D eigenvalue weighted by atomic mass is 127. The van der Waals surface area contributed by atoms with Gasteiger partial charge in [-0.3, -0.25) is 0 Å². The second-order valence-electron chi connectivity index (χ2n) is 6.31. The first kappa shape index (κ1) is 26.3. The van der Waals surface area contributed by atoms with Crippen molar-refractivity contribution in [2.45, 2.75) is 46.3 Å². The molecule has 30 heavy (non-hydrogen) atoms. The minimum absolute atomic E-state index is 0. The summed E-state index contributed by atoms with van der Waals surface area (Å²) in [6, 6.07) is 4.70. The highest BCUT2D eigenvalue weighted by Gasteiger charge is 2.11. The van der Waals surface area contributed by atoms with Gasteiger partial charge in [-0.25, -0.2) is 9.98 Å². The quantitative estimate of drug-likeness (QED) is 0.182. The zero-order valence-corrected chi connectivity index (χ0v) is 20.6. The van der Waals surface area contributed by atoms with E-state index in [1.165, 1.54) is 13.2 Å². The Hall–Kier alpha value is -1.69. The van der Waals surface area contributed by atoms with Crippen LogP contribution in [0.5, 0.6) is 11.5 Å². The zero-order chi connectivity index (χ0) is 21.1. The number of guanidine groups is 1. The van der Waals surface area contributed by atoms with E-state index >= 15 is 0 Å². The number of alkyl halides is 2. The average molecular weight is 554 g/mol. The van der Waals surface area contributed by atoms with Crippen molar-refractivity contribution in [2.24, 2.45) is 4.99 Å². The number of aryl methyl sites for hydroxylation is 2. The van der Waals surface area contributed by atoms with Crippen LogP contribution in [0, 0.1) is 6.92 Å². The van der Waals surface area contributed by atoms with Gasteiger partial charge in [0.1, 0.15) is 11.5 Å². The van der Waals surface area contributed by atoms with Crippen molar-refractivity contribution in [3.05, 3.63) is 39.8 Å². The maximum atomic E-state index is 12.6. The molecule has 168 valence electrons. The smallest absolute Gasteiger partial charge is 0.387 e. The molecule has 2 aromatic rings. The van der Waals surface area contributed by atoms with Crippen molar-refractivity contribution in [3.8, 4) is 11.5 Å². The van der Waals surface area contributed by atoms with E-state index in [9.17, 15) is 8.78 Å². The molecule has 0 aliphatic carbocycles. The molecule has 0 saturated heterocycles. The molecule has 10 heteroatoms. The van der Waals surface area contributed by atoms with E-state index in [0.717, 1.165) is 36.5 Å². The molecule has 6 nitrogen and oxygen atoms in total. The first-order valence-electron chi connectivity index (χ1n) is 9.56. The Kier molecular flexibility index (Phi) is 12.6. The number of aliphatic imine (C=N–C) groups is 1. The topological polar surface area (TPSA) is 67.8 Å². The van der Waals surface area contributed by atoms with E-state index in [1.54, 1.807) is 23.5 Å². The minimum Gasteiger partial charge on any atom is -0.497 e. The molecule has 0 amide bonds. The first-order chi connectivity index (χ1) is 14.0. The van der Waals surface area contributed by atoms with Gasteiger partial charge in [-0.2, -0.15) is 8.78 Å². The van der Waals surface area contributed by atoms with Gasteiger partial charge >= 0.3 is 6.61 Å². The molecule has 0 atom stereocenters. The van der Waals surface area contributed by atoms with Gasteiger partial charge in [0, 0.05) is 29.7 Å². The number of benzene rings is 1. The fraction of sp³-hybridized carbons (Fsp3) is 0.500. The molecule has 0 saturated carbocycles. The summed E-state index contributed by atoms with van der Waals surface area (Å²) in [6.07, 6.45) is 2.97. The molecule has 0 spiro atoms. The summed E-state index contributed by atoms with van der Waals surface area (Å²) in [4.78, 5) is 8.96. The van der Waals surface area contributed by atoms with Crippen LogP contribution in [0.1, 0.15) is 36.0 Å². The van der Waals surface area contributed by atoms with Crippen molar-refractivity contribution >= 4 is 41.3 Å². The van der Waals surface area contributed by atoms with Crippen LogP contribution in [0.3, 0.4) is 0 Å². The van der Waals surface area contributed by atoms with Crippen molar-refractivity contribution in [2.75, 3.05) is 20.2 Å². The Labute approximate surface area is 197 Å². The van der Waals surface area contributed by atoms with Crippen LogP contribution < -0.4 is 20.1 Å². The summed E-state index contributed by atoms with van der Waals surface area (Å²) in [5.74, 6) is 1.29. The number of methoxy groups -OCH3 is 1. The third kappa shape index (κ3) is 9.41. The van der Waals surface area contributed by atoms with E-state index in [0.29, 0.717) is 23.8 Å². The van der Waals surface area contributed by atoms with Gasteiger partial charge in [-0.1, -0.05) is 0 Å². The number of hydrogen-bond donors (Lipinski definition) is 2. The van der Waals surface area contributed by atoms with Gasteiger partial charge < -0.3 is 20.1 Å². The first-order valence-corrected chi connectivity index (χ1v) is 10.4. The highest BCUT2D eigenvalue weighted by molar-refractivity contribution is 14.0. The number of nitrogens with one attached hydrogen (secondary N) is 2. The third-order valence-electron chi connectivity index (χ3n) is 4.01. The molecule has 0 bridgehead atoms. The fourth-order valence-corrected chi connectivity index (χ4v) is 3.47. The summed E-state index contributed by atoms with van der Waals surface area (Å²) in [6.45, 7) is 2.73. The number of ether oxygens (including phenoxy) is 2.